The van der Waals surface area contributed by atoms with Crippen LogP contribution in [0.4, 0.5) is 10.1 Å². The summed E-state index contributed by atoms with van der Waals surface area (Å²) in [5.41, 5.74) is 4.83. The minimum atomic E-state index is -1.34. The van der Waals surface area contributed by atoms with Gasteiger partial charge < -0.3 is 25.5 Å². The molecule has 0 aliphatic carbocycles. The number of carboxylic acid groups (broad SMARTS) is 1. The predicted octanol–water partition coefficient (Wildman–Crippen LogP) is 1.16. The molecule has 0 saturated carbocycles. The Labute approximate surface area is 130 Å². The third kappa shape index (κ3) is 2.31. The second-order valence-corrected chi connectivity index (χ2v) is 5.42. The van der Waals surface area contributed by atoms with Crippen molar-refractivity contribution in [1.82, 2.24) is 4.57 Å². The highest BCUT2D eigenvalue weighted by Gasteiger charge is 2.27. The van der Waals surface area contributed by atoms with Crippen LogP contribution >= 0.6 is 0 Å². The number of nitrogens with one attached hydrogen (secondary N) is 1. The number of anilines is 1. The number of rotatable bonds is 4. The monoisotopic (exact) mass is 321 g/mol. The summed E-state index contributed by atoms with van der Waals surface area (Å²) in [5.74, 6) is -1.81. The van der Waals surface area contributed by atoms with E-state index in [9.17, 15) is 19.1 Å². The zero-order valence-corrected chi connectivity index (χ0v) is 12.4. The molecule has 0 radical (unpaired) electrons. The van der Waals surface area contributed by atoms with Crippen molar-refractivity contribution in [2.75, 3.05) is 25.0 Å². The zero-order valence-electron chi connectivity index (χ0n) is 12.4. The molecule has 2 aromatic rings. The largest absolute Gasteiger partial charge is 0.487 e. The second kappa shape index (κ2) is 5.54. The number of aromatic carboxylic acids is 1. The molecule has 7 nitrogen and oxygen atoms in total. The molecule has 8 heteroatoms. The van der Waals surface area contributed by atoms with Gasteiger partial charge in [0.2, 0.25) is 5.43 Å². The van der Waals surface area contributed by atoms with E-state index < -0.39 is 17.2 Å². The summed E-state index contributed by atoms with van der Waals surface area (Å²) in [5, 5.41) is 12.0. The summed E-state index contributed by atoms with van der Waals surface area (Å²) in [4.78, 5) is 23.6. The van der Waals surface area contributed by atoms with Gasteiger partial charge in [0.05, 0.1) is 16.9 Å². The average molecular weight is 321 g/mol. The van der Waals surface area contributed by atoms with E-state index >= 15 is 0 Å². The number of benzene rings is 1. The van der Waals surface area contributed by atoms with Crippen molar-refractivity contribution >= 4 is 22.6 Å². The Bertz CT molecular complexity index is 862. The van der Waals surface area contributed by atoms with Crippen molar-refractivity contribution in [2.24, 2.45) is 5.73 Å². The van der Waals surface area contributed by atoms with Gasteiger partial charge in [-0.15, -0.1) is 0 Å². The van der Waals surface area contributed by atoms with E-state index in [4.69, 9.17) is 10.5 Å². The van der Waals surface area contributed by atoms with E-state index in [2.05, 4.69) is 5.32 Å². The van der Waals surface area contributed by atoms with Crippen LogP contribution in [0.5, 0.6) is 5.75 Å². The van der Waals surface area contributed by atoms with Crippen LogP contribution in [-0.2, 0) is 0 Å². The van der Waals surface area contributed by atoms with Crippen molar-refractivity contribution < 1.29 is 19.0 Å². The van der Waals surface area contributed by atoms with Crippen LogP contribution in [0.3, 0.4) is 0 Å². The van der Waals surface area contributed by atoms with Crippen molar-refractivity contribution in [1.29, 1.82) is 0 Å². The lowest BCUT2D eigenvalue weighted by Crippen LogP contribution is -2.27. The maximum absolute atomic E-state index is 14.4. The van der Waals surface area contributed by atoms with Gasteiger partial charge in [-0.25, -0.2) is 9.18 Å². The number of hydrogen-bond donors (Lipinski definition) is 3. The average Bonchev–Trinajstić information content (AvgIpc) is 2.51. The molecule has 2 heterocycles. The molecule has 122 valence electrons. The molecule has 0 bridgehead atoms. The van der Waals surface area contributed by atoms with E-state index in [1.807, 2.05) is 6.92 Å². The lowest BCUT2D eigenvalue weighted by atomic mass is 10.1. The van der Waals surface area contributed by atoms with E-state index in [0.717, 1.165) is 6.07 Å². The molecule has 0 spiro atoms. The molecule has 3 rings (SSSR count). The molecular weight excluding hydrogens is 305 g/mol. The van der Waals surface area contributed by atoms with Crippen LogP contribution in [0.1, 0.15) is 23.3 Å². The first-order valence-electron chi connectivity index (χ1n) is 7.17. The van der Waals surface area contributed by atoms with Gasteiger partial charge in [0.15, 0.2) is 11.6 Å². The summed E-state index contributed by atoms with van der Waals surface area (Å²) < 4.78 is 21.6. The van der Waals surface area contributed by atoms with Crippen LogP contribution in [0.25, 0.3) is 10.9 Å². The van der Waals surface area contributed by atoms with Gasteiger partial charge in [-0.3, -0.25) is 4.79 Å². The first-order chi connectivity index (χ1) is 11.0. The molecule has 0 fully saturated rings. The smallest absolute Gasteiger partial charge is 0.341 e. The van der Waals surface area contributed by atoms with Crippen molar-refractivity contribution in [3.05, 3.63) is 33.9 Å². The van der Waals surface area contributed by atoms with Crippen LogP contribution in [0, 0.1) is 5.82 Å². The minimum Gasteiger partial charge on any atom is -0.487 e. The number of pyridine rings is 1. The van der Waals surface area contributed by atoms with Gasteiger partial charge >= 0.3 is 5.97 Å². The lowest BCUT2D eigenvalue weighted by molar-refractivity contribution is 0.0694. The van der Waals surface area contributed by atoms with Crippen LogP contribution in [-0.4, -0.2) is 35.3 Å². The van der Waals surface area contributed by atoms with E-state index in [1.54, 1.807) is 4.57 Å². The molecule has 1 aliphatic rings. The minimum absolute atomic E-state index is 0.0118. The number of aromatic nitrogens is 1. The van der Waals surface area contributed by atoms with Gasteiger partial charge in [0.25, 0.3) is 0 Å². The summed E-state index contributed by atoms with van der Waals surface area (Å²) in [6, 6.07) is 0.862. The maximum atomic E-state index is 14.4. The topological polar surface area (TPSA) is 107 Å². The van der Waals surface area contributed by atoms with E-state index in [0.29, 0.717) is 18.6 Å². The molecular formula is C15H16FN3O4. The number of hydrogen-bond acceptors (Lipinski definition) is 5. The Balaban J connectivity index is 2.40. The lowest BCUT2D eigenvalue weighted by Gasteiger charge is -2.28. The Morgan fingerprint density at radius 1 is 1.61 bits per heavy atom. The summed E-state index contributed by atoms with van der Waals surface area (Å²) in [7, 11) is 0. The summed E-state index contributed by atoms with van der Waals surface area (Å²) >= 11 is 0. The standard InChI is InChI=1S/C15H16FN3O4/c1-7-6-23-14-11(18-3-2-17)10(16)4-8-12(14)19(7)5-9(13(8)20)15(21)22/h4-5,7,18H,2-3,6,17H2,1H3,(H,21,22)/t7-/m0/s1. The Morgan fingerprint density at radius 2 is 2.35 bits per heavy atom. The molecule has 1 aromatic heterocycles. The van der Waals surface area contributed by atoms with Gasteiger partial charge in [-0.2, -0.15) is 0 Å². The number of halogens is 1. The highest BCUT2D eigenvalue weighted by molar-refractivity contribution is 5.97. The second-order valence-electron chi connectivity index (χ2n) is 5.42. The van der Waals surface area contributed by atoms with Gasteiger partial charge in [-0.05, 0) is 13.0 Å². The first-order valence-corrected chi connectivity index (χ1v) is 7.17. The van der Waals surface area contributed by atoms with Crippen LogP contribution in [0.15, 0.2) is 17.1 Å². The summed E-state index contributed by atoms with van der Waals surface area (Å²) in [6.07, 6.45) is 1.29. The molecule has 0 saturated heterocycles. The number of nitrogens with zero attached hydrogens (tertiary/aromatic N) is 1. The third-order valence-corrected chi connectivity index (χ3v) is 3.84. The predicted molar refractivity (Wildman–Crippen MR) is 82.9 cm³/mol. The molecule has 1 aliphatic heterocycles. The van der Waals surface area contributed by atoms with Crippen molar-refractivity contribution in [3.63, 3.8) is 0 Å². The number of carbonyl (C=O) groups is 1. The maximum Gasteiger partial charge on any atom is 0.341 e. The Hall–Kier alpha value is -2.61. The van der Waals surface area contributed by atoms with Crippen molar-refractivity contribution in [3.8, 4) is 5.75 Å². The SMILES string of the molecule is C[C@H]1COc2c(NCCN)c(F)cc3c(=O)c(C(=O)O)cn1c23. The molecule has 1 atom stereocenters. The molecule has 0 amide bonds. The van der Waals surface area contributed by atoms with Crippen LogP contribution < -0.4 is 21.2 Å². The van der Waals surface area contributed by atoms with E-state index in [1.165, 1.54) is 6.20 Å². The summed E-state index contributed by atoms with van der Waals surface area (Å²) in [6.45, 7) is 2.71. The number of nitrogens with two attached hydrogens (primary N) is 1. The van der Waals surface area contributed by atoms with E-state index in [-0.39, 0.29) is 35.0 Å². The van der Waals surface area contributed by atoms with Crippen molar-refractivity contribution in [2.45, 2.75) is 13.0 Å². The number of carboxylic acids is 1. The quantitative estimate of drug-likeness (QED) is 0.780. The highest BCUT2D eigenvalue weighted by Crippen LogP contribution is 2.39. The van der Waals surface area contributed by atoms with Gasteiger partial charge in [-0.1, -0.05) is 0 Å². The fraction of sp³-hybridized carbons (Fsp3) is 0.333. The fourth-order valence-corrected chi connectivity index (χ4v) is 2.74. The molecule has 23 heavy (non-hydrogen) atoms. The third-order valence-electron chi connectivity index (χ3n) is 3.84. The first kappa shape index (κ1) is 15.3. The Morgan fingerprint density at radius 3 is 3.00 bits per heavy atom. The number of ether oxygens (including phenoxy) is 1. The highest BCUT2D eigenvalue weighted by atomic mass is 19.1. The molecule has 0 unspecified atom stereocenters. The fourth-order valence-electron chi connectivity index (χ4n) is 2.74. The zero-order chi connectivity index (χ0) is 16.7. The Kier molecular flexibility index (Phi) is 3.69. The van der Waals surface area contributed by atoms with Crippen LogP contribution in [0.2, 0.25) is 0 Å². The molecule has 4 N–H and O–H groups in total. The van der Waals surface area contributed by atoms with Gasteiger partial charge in [0.1, 0.15) is 17.9 Å². The molecule has 1 aromatic carbocycles. The normalized spacial score (nSPS) is 16.2. The van der Waals surface area contributed by atoms with Gasteiger partial charge in [0, 0.05) is 19.3 Å².